The Balaban J connectivity index is 2.09. The summed E-state index contributed by atoms with van der Waals surface area (Å²) in [5.74, 6) is 1.30. The number of ether oxygens (including phenoxy) is 1. The van der Waals surface area contributed by atoms with E-state index in [2.05, 4.69) is 29.3 Å². The number of nitrogen functional groups attached to an aromatic ring is 1. The van der Waals surface area contributed by atoms with Crippen LogP contribution in [0.5, 0.6) is 5.88 Å². The topological polar surface area (TPSA) is 63.4 Å². The van der Waals surface area contributed by atoms with Gasteiger partial charge < -0.3 is 20.7 Å². The van der Waals surface area contributed by atoms with Gasteiger partial charge in [0, 0.05) is 18.2 Å². The first kappa shape index (κ1) is 13.9. The summed E-state index contributed by atoms with van der Waals surface area (Å²) in [5.41, 5.74) is 6.83. The van der Waals surface area contributed by atoms with E-state index in [0.717, 1.165) is 6.54 Å². The van der Waals surface area contributed by atoms with Crippen LogP contribution < -0.4 is 15.8 Å². The molecule has 3 N–H and O–H groups in total. The van der Waals surface area contributed by atoms with Crippen LogP contribution in [0.25, 0.3) is 0 Å². The van der Waals surface area contributed by atoms with Gasteiger partial charge in [0.1, 0.15) is 0 Å². The number of hydrogen-bond acceptors (Lipinski definition) is 5. The zero-order valence-electron chi connectivity index (χ0n) is 12.1. The van der Waals surface area contributed by atoms with Crippen LogP contribution in [0.1, 0.15) is 25.7 Å². The molecule has 0 atom stereocenters. The maximum absolute atomic E-state index is 5.95. The number of nitrogens with two attached hydrogens (primary N) is 1. The average Bonchev–Trinajstić information content (AvgIpc) is 2.88. The summed E-state index contributed by atoms with van der Waals surface area (Å²) in [7, 11) is 5.91. The van der Waals surface area contributed by atoms with Gasteiger partial charge in [0.2, 0.25) is 5.88 Å². The molecule has 5 nitrogen and oxygen atoms in total. The molecular formula is C14H24N4O. The summed E-state index contributed by atoms with van der Waals surface area (Å²) in [6.45, 7) is 0.865. The van der Waals surface area contributed by atoms with Crippen molar-refractivity contribution in [2.75, 3.05) is 38.8 Å². The molecule has 0 unspecified atom stereocenters. The highest BCUT2D eigenvalue weighted by Gasteiger charge is 2.35. The normalized spacial score (nSPS) is 17.7. The van der Waals surface area contributed by atoms with E-state index in [-0.39, 0.29) is 5.54 Å². The third-order valence-electron chi connectivity index (χ3n) is 4.18. The highest BCUT2D eigenvalue weighted by molar-refractivity contribution is 5.62. The smallest absolute Gasteiger partial charge is 0.215 e. The molecule has 1 heterocycles. The second kappa shape index (κ2) is 5.65. The van der Waals surface area contributed by atoms with Crippen molar-refractivity contribution >= 4 is 11.5 Å². The molecule has 1 aliphatic carbocycles. The first-order valence-corrected chi connectivity index (χ1v) is 6.79. The Bertz CT molecular complexity index is 427. The predicted octanol–water partition coefficient (Wildman–Crippen LogP) is 1.96. The summed E-state index contributed by atoms with van der Waals surface area (Å²) in [6, 6.07) is 3.60. The van der Waals surface area contributed by atoms with Crippen LogP contribution in [0.3, 0.4) is 0 Å². The number of hydrogen-bond donors (Lipinski definition) is 2. The van der Waals surface area contributed by atoms with Crippen molar-refractivity contribution in [1.82, 2.24) is 9.88 Å². The van der Waals surface area contributed by atoms with E-state index < -0.39 is 0 Å². The summed E-state index contributed by atoms with van der Waals surface area (Å²) in [4.78, 5) is 6.69. The lowest BCUT2D eigenvalue weighted by molar-refractivity contribution is 0.172. The highest BCUT2D eigenvalue weighted by Crippen LogP contribution is 2.34. The van der Waals surface area contributed by atoms with E-state index in [1.54, 1.807) is 13.2 Å². The largest absolute Gasteiger partial charge is 0.481 e. The van der Waals surface area contributed by atoms with Crippen LogP contribution in [-0.2, 0) is 0 Å². The Morgan fingerprint density at radius 1 is 1.37 bits per heavy atom. The fourth-order valence-corrected chi connectivity index (χ4v) is 2.77. The number of rotatable bonds is 5. The quantitative estimate of drug-likeness (QED) is 0.851. The Morgan fingerprint density at radius 2 is 2.05 bits per heavy atom. The monoisotopic (exact) mass is 264 g/mol. The second-order valence-corrected chi connectivity index (χ2v) is 5.47. The zero-order chi connectivity index (χ0) is 13.9. The number of nitrogens with zero attached hydrogens (tertiary/aromatic N) is 2. The van der Waals surface area contributed by atoms with Crippen LogP contribution >= 0.6 is 0 Å². The van der Waals surface area contributed by atoms with Crippen molar-refractivity contribution in [1.29, 1.82) is 0 Å². The van der Waals surface area contributed by atoms with E-state index in [4.69, 9.17) is 10.5 Å². The Kier molecular flexibility index (Phi) is 4.14. The zero-order valence-corrected chi connectivity index (χ0v) is 12.1. The van der Waals surface area contributed by atoms with Gasteiger partial charge in [-0.15, -0.1) is 0 Å². The van der Waals surface area contributed by atoms with Gasteiger partial charge in [-0.25, -0.2) is 0 Å². The van der Waals surface area contributed by atoms with Crippen molar-refractivity contribution in [2.24, 2.45) is 0 Å². The fraction of sp³-hybridized carbons (Fsp3) is 0.643. The van der Waals surface area contributed by atoms with E-state index in [9.17, 15) is 0 Å². The average molecular weight is 264 g/mol. The molecule has 1 aromatic heterocycles. The second-order valence-electron chi connectivity index (χ2n) is 5.47. The molecule has 0 saturated heterocycles. The molecule has 1 aliphatic rings. The van der Waals surface area contributed by atoms with Gasteiger partial charge in [0.15, 0.2) is 5.82 Å². The third kappa shape index (κ3) is 2.92. The Hall–Kier alpha value is -1.49. The lowest BCUT2D eigenvalue weighted by Crippen LogP contribution is -2.47. The lowest BCUT2D eigenvalue weighted by atomic mass is 9.96. The van der Waals surface area contributed by atoms with Gasteiger partial charge in [-0.05, 0) is 33.0 Å². The number of methoxy groups -OCH3 is 1. The minimum Gasteiger partial charge on any atom is -0.481 e. The van der Waals surface area contributed by atoms with Gasteiger partial charge >= 0.3 is 0 Å². The molecule has 0 bridgehead atoms. The number of pyridine rings is 1. The molecule has 0 aliphatic heterocycles. The molecule has 106 valence electrons. The number of anilines is 2. The fourth-order valence-electron chi connectivity index (χ4n) is 2.77. The molecule has 19 heavy (non-hydrogen) atoms. The van der Waals surface area contributed by atoms with Gasteiger partial charge in [0.05, 0.1) is 12.8 Å². The molecule has 0 amide bonds. The Morgan fingerprint density at radius 3 is 2.63 bits per heavy atom. The SMILES string of the molecule is COc1ccc(N)c(NCC2(N(C)C)CCCC2)n1. The number of likely N-dealkylation sites (N-methyl/N-ethyl adjacent to an activating group) is 1. The summed E-state index contributed by atoms with van der Waals surface area (Å²) in [6.07, 6.45) is 5.02. The molecule has 1 aromatic rings. The van der Waals surface area contributed by atoms with E-state index in [0.29, 0.717) is 17.4 Å². The molecule has 0 spiro atoms. The maximum atomic E-state index is 5.95. The van der Waals surface area contributed by atoms with Crippen LogP contribution in [0.4, 0.5) is 11.5 Å². The highest BCUT2D eigenvalue weighted by atomic mass is 16.5. The summed E-state index contributed by atoms with van der Waals surface area (Å²) in [5, 5.41) is 3.39. The molecule has 0 aromatic carbocycles. The summed E-state index contributed by atoms with van der Waals surface area (Å²) < 4.78 is 5.14. The first-order valence-electron chi connectivity index (χ1n) is 6.79. The molecule has 1 saturated carbocycles. The van der Waals surface area contributed by atoms with Crippen LogP contribution in [0.15, 0.2) is 12.1 Å². The van der Waals surface area contributed by atoms with Crippen molar-refractivity contribution in [3.8, 4) is 5.88 Å². The van der Waals surface area contributed by atoms with Gasteiger partial charge in [-0.2, -0.15) is 4.98 Å². The van der Waals surface area contributed by atoms with E-state index in [1.165, 1.54) is 25.7 Å². The van der Waals surface area contributed by atoms with Crippen LogP contribution in [-0.4, -0.2) is 43.2 Å². The number of nitrogens with one attached hydrogen (secondary N) is 1. The van der Waals surface area contributed by atoms with Gasteiger partial charge in [-0.1, -0.05) is 12.8 Å². The van der Waals surface area contributed by atoms with Crippen LogP contribution in [0.2, 0.25) is 0 Å². The minimum absolute atomic E-state index is 0.219. The maximum Gasteiger partial charge on any atom is 0.215 e. The van der Waals surface area contributed by atoms with Crippen LogP contribution in [0, 0.1) is 0 Å². The van der Waals surface area contributed by atoms with Crippen molar-refractivity contribution in [3.63, 3.8) is 0 Å². The third-order valence-corrected chi connectivity index (χ3v) is 4.18. The van der Waals surface area contributed by atoms with E-state index in [1.807, 2.05) is 6.07 Å². The van der Waals surface area contributed by atoms with E-state index >= 15 is 0 Å². The number of aromatic nitrogens is 1. The molecule has 0 radical (unpaired) electrons. The molecular weight excluding hydrogens is 240 g/mol. The van der Waals surface area contributed by atoms with Gasteiger partial charge in [-0.3, -0.25) is 0 Å². The van der Waals surface area contributed by atoms with Gasteiger partial charge in [0.25, 0.3) is 0 Å². The van der Waals surface area contributed by atoms with Crippen molar-refractivity contribution in [2.45, 2.75) is 31.2 Å². The lowest BCUT2D eigenvalue weighted by Gasteiger charge is -2.36. The first-order chi connectivity index (χ1) is 9.07. The molecule has 1 fully saturated rings. The Labute approximate surface area is 115 Å². The van der Waals surface area contributed by atoms with Crippen molar-refractivity contribution < 1.29 is 4.74 Å². The minimum atomic E-state index is 0.219. The predicted molar refractivity (Wildman–Crippen MR) is 78.6 cm³/mol. The summed E-state index contributed by atoms with van der Waals surface area (Å²) >= 11 is 0. The molecule has 2 rings (SSSR count). The van der Waals surface area contributed by atoms with Crippen molar-refractivity contribution in [3.05, 3.63) is 12.1 Å². The molecule has 5 heteroatoms. The standard InChI is InChI=1S/C14H24N4O/c1-18(2)14(8-4-5-9-14)10-16-13-11(15)6-7-12(17-13)19-3/h6-7H,4-5,8-10,15H2,1-3H3,(H,16,17).